The van der Waals surface area contributed by atoms with Crippen molar-refractivity contribution in [2.45, 2.75) is 20.4 Å². The van der Waals surface area contributed by atoms with Gasteiger partial charge in [-0.1, -0.05) is 17.7 Å². The molecule has 0 aliphatic carbocycles. The van der Waals surface area contributed by atoms with Gasteiger partial charge in [0.1, 0.15) is 0 Å². The lowest BCUT2D eigenvalue weighted by Gasteiger charge is -2.17. The quantitative estimate of drug-likeness (QED) is 0.696. The molecule has 0 saturated carbocycles. The number of benzene rings is 1. The SMILES string of the molecule is Cc1cc(C(=O)N(C)Cc2ccncc2)c(C)n1-c1cccc(Cl)c1. The van der Waals surface area contributed by atoms with Crippen molar-refractivity contribution in [3.05, 3.63) is 82.4 Å². The summed E-state index contributed by atoms with van der Waals surface area (Å²) in [7, 11) is 1.81. The molecule has 0 radical (unpaired) electrons. The van der Waals surface area contributed by atoms with Crippen molar-refractivity contribution in [1.29, 1.82) is 0 Å². The van der Waals surface area contributed by atoms with Gasteiger partial charge in [-0.3, -0.25) is 9.78 Å². The molecule has 4 nitrogen and oxygen atoms in total. The third-order valence-corrected chi connectivity index (χ3v) is 4.48. The molecule has 0 bridgehead atoms. The van der Waals surface area contributed by atoms with Crippen LogP contribution in [0, 0.1) is 13.8 Å². The zero-order chi connectivity index (χ0) is 18.0. The van der Waals surface area contributed by atoms with Gasteiger partial charge >= 0.3 is 0 Å². The van der Waals surface area contributed by atoms with Crippen LogP contribution in [-0.2, 0) is 6.54 Å². The minimum atomic E-state index is -0.00168. The van der Waals surface area contributed by atoms with Gasteiger partial charge in [0.05, 0.1) is 5.56 Å². The summed E-state index contributed by atoms with van der Waals surface area (Å²) < 4.78 is 2.05. The first-order chi connectivity index (χ1) is 12.0. The van der Waals surface area contributed by atoms with Crippen LogP contribution in [0.15, 0.2) is 54.9 Å². The van der Waals surface area contributed by atoms with Gasteiger partial charge in [0.15, 0.2) is 0 Å². The van der Waals surface area contributed by atoms with E-state index in [4.69, 9.17) is 11.6 Å². The predicted octanol–water partition coefficient (Wildman–Crippen LogP) is 4.41. The van der Waals surface area contributed by atoms with E-state index in [1.165, 1.54) is 0 Å². The van der Waals surface area contributed by atoms with Crippen LogP contribution >= 0.6 is 11.6 Å². The fraction of sp³-hybridized carbons (Fsp3) is 0.200. The topological polar surface area (TPSA) is 38.1 Å². The van der Waals surface area contributed by atoms with E-state index in [1.807, 2.05) is 63.4 Å². The van der Waals surface area contributed by atoms with Crippen molar-refractivity contribution in [1.82, 2.24) is 14.5 Å². The van der Waals surface area contributed by atoms with E-state index >= 15 is 0 Å². The molecule has 5 heteroatoms. The molecule has 3 aromatic rings. The summed E-state index contributed by atoms with van der Waals surface area (Å²) in [6.07, 6.45) is 3.47. The Labute approximate surface area is 152 Å². The maximum atomic E-state index is 12.9. The highest BCUT2D eigenvalue weighted by atomic mass is 35.5. The number of halogens is 1. The van der Waals surface area contributed by atoms with Crippen molar-refractivity contribution in [2.75, 3.05) is 7.05 Å². The standard InChI is InChI=1S/C20H20ClN3O/c1-14-11-19(15(2)24(14)18-6-4-5-17(21)12-18)20(25)23(3)13-16-7-9-22-10-8-16/h4-12H,13H2,1-3H3. The molecule has 1 aromatic carbocycles. The Morgan fingerprint density at radius 2 is 1.88 bits per heavy atom. The van der Waals surface area contributed by atoms with Gasteiger partial charge in [0, 0.05) is 48.1 Å². The molecule has 0 aliphatic rings. The molecule has 2 aromatic heterocycles. The van der Waals surface area contributed by atoms with Crippen LogP contribution in [0.25, 0.3) is 5.69 Å². The fourth-order valence-electron chi connectivity index (χ4n) is 3.03. The lowest BCUT2D eigenvalue weighted by molar-refractivity contribution is 0.0784. The monoisotopic (exact) mass is 353 g/mol. The molecular formula is C20H20ClN3O. The van der Waals surface area contributed by atoms with Crippen molar-refractivity contribution >= 4 is 17.5 Å². The second-order valence-corrected chi connectivity index (χ2v) is 6.55. The number of carbonyl (C=O) groups is 1. The molecule has 128 valence electrons. The minimum Gasteiger partial charge on any atom is -0.337 e. The Kier molecular flexibility index (Phi) is 4.91. The summed E-state index contributed by atoms with van der Waals surface area (Å²) in [4.78, 5) is 18.6. The molecular weight excluding hydrogens is 334 g/mol. The molecule has 0 atom stereocenters. The van der Waals surface area contributed by atoms with Gasteiger partial charge in [0.2, 0.25) is 0 Å². The molecule has 0 N–H and O–H groups in total. The summed E-state index contributed by atoms with van der Waals surface area (Å²) in [5.41, 5.74) is 4.62. The zero-order valence-corrected chi connectivity index (χ0v) is 15.3. The third-order valence-electron chi connectivity index (χ3n) is 4.24. The molecule has 2 heterocycles. The number of aryl methyl sites for hydroxylation is 1. The maximum Gasteiger partial charge on any atom is 0.255 e. The lowest BCUT2D eigenvalue weighted by atomic mass is 10.2. The van der Waals surface area contributed by atoms with Crippen LogP contribution in [-0.4, -0.2) is 27.4 Å². The second-order valence-electron chi connectivity index (χ2n) is 6.12. The predicted molar refractivity (Wildman–Crippen MR) is 100 cm³/mol. The number of rotatable bonds is 4. The van der Waals surface area contributed by atoms with Crippen LogP contribution in [0.4, 0.5) is 0 Å². The highest BCUT2D eigenvalue weighted by Gasteiger charge is 2.20. The molecule has 25 heavy (non-hydrogen) atoms. The maximum absolute atomic E-state index is 12.9. The number of hydrogen-bond acceptors (Lipinski definition) is 2. The smallest absolute Gasteiger partial charge is 0.255 e. The van der Waals surface area contributed by atoms with Gasteiger partial charge in [0.25, 0.3) is 5.91 Å². The fourth-order valence-corrected chi connectivity index (χ4v) is 3.22. The van der Waals surface area contributed by atoms with E-state index in [-0.39, 0.29) is 5.91 Å². The molecule has 0 unspecified atom stereocenters. The summed E-state index contributed by atoms with van der Waals surface area (Å²) in [6, 6.07) is 13.4. The van der Waals surface area contributed by atoms with Gasteiger partial charge in [-0.25, -0.2) is 0 Å². The number of hydrogen-bond donors (Lipinski definition) is 0. The normalized spacial score (nSPS) is 10.7. The molecule has 0 spiro atoms. The van der Waals surface area contributed by atoms with E-state index in [1.54, 1.807) is 17.3 Å². The number of pyridine rings is 1. The lowest BCUT2D eigenvalue weighted by Crippen LogP contribution is -2.26. The number of amides is 1. The molecule has 0 saturated heterocycles. The van der Waals surface area contributed by atoms with Crippen molar-refractivity contribution in [3.63, 3.8) is 0 Å². The van der Waals surface area contributed by atoms with E-state index in [0.29, 0.717) is 17.1 Å². The van der Waals surface area contributed by atoms with Gasteiger partial charge in [-0.05, 0) is 55.8 Å². The van der Waals surface area contributed by atoms with Gasteiger partial charge in [-0.2, -0.15) is 0 Å². The second kappa shape index (κ2) is 7.11. The van der Waals surface area contributed by atoms with E-state index < -0.39 is 0 Å². The molecule has 1 amide bonds. The van der Waals surface area contributed by atoms with Crippen LogP contribution in [0.5, 0.6) is 0 Å². The number of aromatic nitrogens is 2. The van der Waals surface area contributed by atoms with Gasteiger partial charge in [-0.15, -0.1) is 0 Å². The van der Waals surface area contributed by atoms with Crippen molar-refractivity contribution < 1.29 is 4.79 Å². The first-order valence-electron chi connectivity index (χ1n) is 8.06. The largest absolute Gasteiger partial charge is 0.337 e. The number of carbonyl (C=O) groups excluding carboxylic acids is 1. The summed E-state index contributed by atoms with van der Waals surface area (Å²) in [5.74, 6) is -0.00168. The zero-order valence-electron chi connectivity index (χ0n) is 14.5. The average molecular weight is 354 g/mol. The average Bonchev–Trinajstić information content (AvgIpc) is 2.89. The first kappa shape index (κ1) is 17.2. The van der Waals surface area contributed by atoms with Crippen LogP contribution in [0.1, 0.15) is 27.3 Å². The van der Waals surface area contributed by atoms with E-state index in [9.17, 15) is 4.79 Å². The molecule has 0 aliphatic heterocycles. The minimum absolute atomic E-state index is 0.00168. The molecule has 0 fully saturated rings. The van der Waals surface area contributed by atoms with Crippen molar-refractivity contribution in [3.8, 4) is 5.69 Å². The third kappa shape index (κ3) is 3.59. The summed E-state index contributed by atoms with van der Waals surface area (Å²) in [5, 5.41) is 0.674. The first-order valence-corrected chi connectivity index (χ1v) is 8.44. The van der Waals surface area contributed by atoms with E-state index in [0.717, 1.165) is 22.6 Å². The number of nitrogens with zero attached hydrogens (tertiary/aromatic N) is 3. The van der Waals surface area contributed by atoms with Gasteiger partial charge < -0.3 is 9.47 Å². The Bertz CT molecular complexity index is 903. The summed E-state index contributed by atoms with van der Waals surface area (Å²) in [6.45, 7) is 4.50. The Balaban J connectivity index is 1.90. The molecule has 3 rings (SSSR count). The Hall–Kier alpha value is -2.59. The van der Waals surface area contributed by atoms with E-state index in [2.05, 4.69) is 9.55 Å². The Morgan fingerprint density at radius 3 is 2.56 bits per heavy atom. The highest BCUT2D eigenvalue weighted by molar-refractivity contribution is 6.30. The summed E-state index contributed by atoms with van der Waals surface area (Å²) >= 11 is 6.12. The van der Waals surface area contributed by atoms with Crippen LogP contribution in [0.2, 0.25) is 5.02 Å². The van der Waals surface area contributed by atoms with Crippen LogP contribution in [0.3, 0.4) is 0 Å². The van der Waals surface area contributed by atoms with Crippen molar-refractivity contribution in [2.24, 2.45) is 0 Å². The van der Waals surface area contributed by atoms with Crippen LogP contribution < -0.4 is 0 Å². The highest BCUT2D eigenvalue weighted by Crippen LogP contribution is 2.24. The Morgan fingerprint density at radius 1 is 1.16 bits per heavy atom.